The van der Waals surface area contributed by atoms with Gasteiger partial charge in [0.25, 0.3) is 0 Å². The minimum Gasteiger partial charge on any atom is -0.394 e. The van der Waals surface area contributed by atoms with Crippen LogP contribution in [0.1, 0.15) is 117 Å². The highest BCUT2D eigenvalue weighted by Gasteiger charge is 2.17. The monoisotopic (exact) mass is 553 g/mol. The number of amides is 1. The van der Waals surface area contributed by atoms with Gasteiger partial charge in [0.05, 0.1) is 18.8 Å². The molecule has 0 radical (unpaired) electrons. The molecule has 0 saturated carbocycles. The van der Waals surface area contributed by atoms with Crippen LogP contribution in [-0.2, 0) is 4.79 Å². The lowest BCUT2D eigenvalue weighted by atomic mass is 10.1. The van der Waals surface area contributed by atoms with Gasteiger partial charge in [0.2, 0.25) is 5.91 Å². The highest BCUT2D eigenvalue weighted by atomic mass is 16.3. The van der Waals surface area contributed by atoms with E-state index >= 15 is 0 Å². The Morgan fingerprint density at radius 2 is 1.12 bits per heavy atom. The predicted molar refractivity (Wildman–Crippen MR) is 174 cm³/mol. The smallest absolute Gasteiger partial charge is 0.220 e. The quantitative estimate of drug-likeness (QED) is 0.0739. The van der Waals surface area contributed by atoms with Crippen LogP contribution in [0.15, 0.2) is 85.1 Å². The van der Waals surface area contributed by atoms with Crippen LogP contribution in [-0.4, -0.2) is 34.9 Å². The van der Waals surface area contributed by atoms with Crippen LogP contribution in [0.3, 0.4) is 0 Å². The second-order valence-electron chi connectivity index (χ2n) is 10.1. The first kappa shape index (κ1) is 37.6. The number of hydrogen-bond acceptors (Lipinski definition) is 3. The second-order valence-corrected chi connectivity index (χ2v) is 10.1. The van der Waals surface area contributed by atoms with E-state index in [1.807, 2.05) is 12.2 Å². The van der Waals surface area contributed by atoms with E-state index < -0.39 is 12.1 Å². The molecule has 226 valence electrons. The van der Waals surface area contributed by atoms with Crippen molar-refractivity contribution < 1.29 is 15.0 Å². The molecule has 1 amide bonds. The molecule has 40 heavy (non-hydrogen) atoms. The topological polar surface area (TPSA) is 69.6 Å². The third-order valence-corrected chi connectivity index (χ3v) is 6.35. The molecular formula is C36H59NO3. The molecule has 4 heteroatoms. The first-order valence-corrected chi connectivity index (χ1v) is 15.8. The summed E-state index contributed by atoms with van der Waals surface area (Å²) in [6.45, 7) is 4.09. The van der Waals surface area contributed by atoms with Crippen molar-refractivity contribution in [3.05, 3.63) is 85.1 Å². The Labute approximate surface area is 246 Å². The van der Waals surface area contributed by atoms with Crippen molar-refractivity contribution in [3.63, 3.8) is 0 Å². The van der Waals surface area contributed by atoms with E-state index in [2.05, 4.69) is 86.0 Å². The molecule has 0 spiro atoms. The molecule has 0 fully saturated rings. The van der Waals surface area contributed by atoms with E-state index in [0.717, 1.165) is 51.4 Å². The fourth-order valence-electron chi connectivity index (χ4n) is 3.92. The summed E-state index contributed by atoms with van der Waals surface area (Å²) in [5.74, 6) is -0.164. The van der Waals surface area contributed by atoms with Gasteiger partial charge in [-0.15, -0.1) is 0 Å². The third kappa shape index (κ3) is 27.1. The van der Waals surface area contributed by atoms with E-state index in [4.69, 9.17) is 0 Å². The molecule has 0 bridgehead atoms. The molecule has 0 aliphatic carbocycles. The van der Waals surface area contributed by atoms with E-state index in [1.54, 1.807) is 6.08 Å². The Balaban J connectivity index is 3.93. The van der Waals surface area contributed by atoms with Gasteiger partial charge in [-0.25, -0.2) is 0 Å². The minimum absolute atomic E-state index is 0.164. The van der Waals surface area contributed by atoms with E-state index in [0.29, 0.717) is 12.8 Å². The lowest BCUT2D eigenvalue weighted by molar-refractivity contribution is -0.122. The molecule has 0 aliphatic heterocycles. The zero-order valence-corrected chi connectivity index (χ0v) is 25.6. The Kier molecular flexibility index (Phi) is 29.2. The Bertz CT molecular complexity index is 773. The molecule has 3 N–H and O–H groups in total. The standard InChI is InChI=1S/C36H59NO3/c1-3-5-7-9-11-13-15-17-18-20-21-23-25-27-29-31-35(39)34(33-38)37-36(40)32-30-28-26-24-22-19-16-14-12-10-8-6-4-2/h6,8,12,14-15,17,19,21-23,26,28-29,31,34-35,38-39H,3-5,7,9-11,13,16,18,20,24-25,27,30,32-33H2,1-2H3,(H,37,40)/b8-6-,14-12-,17-15+,22-19-,23-21+,28-26-,31-29+. The lowest BCUT2D eigenvalue weighted by Gasteiger charge is -2.19. The number of unbranched alkanes of at least 4 members (excludes halogenated alkanes) is 7. The highest BCUT2D eigenvalue weighted by Crippen LogP contribution is 2.06. The summed E-state index contributed by atoms with van der Waals surface area (Å²) in [7, 11) is 0. The number of rotatable bonds is 26. The van der Waals surface area contributed by atoms with Gasteiger partial charge >= 0.3 is 0 Å². The van der Waals surface area contributed by atoms with Crippen LogP contribution < -0.4 is 5.32 Å². The van der Waals surface area contributed by atoms with E-state index in [1.165, 1.54) is 38.5 Å². The van der Waals surface area contributed by atoms with Crippen LogP contribution in [0, 0.1) is 0 Å². The van der Waals surface area contributed by atoms with Crippen LogP contribution in [0.2, 0.25) is 0 Å². The Morgan fingerprint density at radius 1 is 0.625 bits per heavy atom. The number of aliphatic hydroxyl groups is 2. The number of carbonyl (C=O) groups is 1. The van der Waals surface area contributed by atoms with Crippen LogP contribution in [0.5, 0.6) is 0 Å². The van der Waals surface area contributed by atoms with Gasteiger partial charge in [0.15, 0.2) is 0 Å². The molecule has 0 aliphatic rings. The molecule has 4 nitrogen and oxygen atoms in total. The summed E-state index contributed by atoms with van der Waals surface area (Å²) in [5.41, 5.74) is 0. The summed E-state index contributed by atoms with van der Waals surface area (Å²) in [6, 6.07) is -0.685. The Morgan fingerprint density at radius 3 is 1.70 bits per heavy atom. The summed E-state index contributed by atoms with van der Waals surface area (Å²) in [4.78, 5) is 12.2. The van der Waals surface area contributed by atoms with Gasteiger partial charge in [0, 0.05) is 6.42 Å². The largest absolute Gasteiger partial charge is 0.394 e. The van der Waals surface area contributed by atoms with E-state index in [9.17, 15) is 15.0 Å². The van der Waals surface area contributed by atoms with Crippen molar-refractivity contribution in [2.24, 2.45) is 0 Å². The molecule has 0 aromatic heterocycles. The summed E-state index contributed by atoms with van der Waals surface area (Å²) >= 11 is 0. The maximum atomic E-state index is 12.2. The maximum Gasteiger partial charge on any atom is 0.220 e. The molecule has 0 aromatic rings. The van der Waals surface area contributed by atoms with Crippen molar-refractivity contribution in [2.75, 3.05) is 6.61 Å². The number of hydrogen-bond donors (Lipinski definition) is 3. The molecule has 0 saturated heterocycles. The van der Waals surface area contributed by atoms with Crippen molar-refractivity contribution in [3.8, 4) is 0 Å². The van der Waals surface area contributed by atoms with Crippen molar-refractivity contribution in [1.82, 2.24) is 5.32 Å². The zero-order valence-electron chi connectivity index (χ0n) is 25.6. The first-order valence-electron chi connectivity index (χ1n) is 15.8. The number of carbonyl (C=O) groups excluding carboxylic acids is 1. The fraction of sp³-hybridized carbons (Fsp3) is 0.583. The van der Waals surface area contributed by atoms with E-state index in [-0.39, 0.29) is 12.5 Å². The van der Waals surface area contributed by atoms with Crippen molar-refractivity contribution in [1.29, 1.82) is 0 Å². The molecule has 0 aromatic carbocycles. The minimum atomic E-state index is -0.901. The Hall–Kier alpha value is -2.43. The molecule has 0 heterocycles. The fourth-order valence-corrected chi connectivity index (χ4v) is 3.92. The van der Waals surface area contributed by atoms with Crippen LogP contribution in [0.4, 0.5) is 0 Å². The van der Waals surface area contributed by atoms with Crippen molar-refractivity contribution >= 4 is 5.91 Å². The summed E-state index contributed by atoms with van der Waals surface area (Å²) < 4.78 is 0. The number of nitrogens with one attached hydrogen (secondary N) is 1. The predicted octanol–water partition coefficient (Wildman–Crippen LogP) is 9.00. The molecule has 2 unspecified atom stereocenters. The molecular weight excluding hydrogens is 494 g/mol. The SMILES string of the molecule is CC/C=C\C/C=C\C/C=C\C/C=C\CCC(=O)NC(CO)C(O)/C=C/CC/C=C/CC/C=C/CCCCCCC. The lowest BCUT2D eigenvalue weighted by Crippen LogP contribution is -2.45. The molecule has 0 rings (SSSR count). The third-order valence-electron chi connectivity index (χ3n) is 6.35. The normalized spacial score (nSPS) is 14.4. The number of allylic oxidation sites excluding steroid dienone is 13. The van der Waals surface area contributed by atoms with Gasteiger partial charge in [-0.05, 0) is 70.6 Å². The van der Waals surface area contributed by atoms with Gasteiger partial charge in [-0.1, -0.05) is 125 Å². The highest BCUT2D eigenvalue weighted by molar-refractivity contribution is 5.76. The van der Waals surface area contributed by atoms with Gasteiger partial charge in [-0.2, -0.15) is 0 Å². The summed E-state index contributed by atoms with van der Waals surface area (Å²) in [5, 5.41) is 22.7. The van der Waals surface area contributed by atoms with Crippen LogP contribution in [0.25, 0.3) is 0 Å². The average Bonchev–Trinajstić information content (AvgIpc) is 2.96. The van der Waals surface area contributed by atoms with Gasteiger partial charge in [0.1, 0.15) is 0 Å². The number of aliphatic hydroxyl groups excluding tert-OH is 2. The average molecular weight is 554 g/mol. The van der Waals surface area contributed by atoms with Crippen LogP contribution >= 0.6 is 0 Å². The maximum absolute atomic E-state index is 12.2. The summed E-state index contributed by atoms with van der Waals surface area (Å²) in [6.07, 6.45) is 45.2. The first-order chi connectivity index (χ1) is 19.7. The second kappa shape index (κ2) is 31.1. The molecule has 2 atom stereocenters. The van der Waals surface area contributed by atoms with Crippen molar-refractivity contribution in [2.45, 2.75) is 129 Å². The zero-order chi connectivity index (χ0) is 29.4. The van der Waals surface area contributed by atoms with Gasteiger partial charge in [-0.3, -0.25) is 4.79 Å². The van der Waals surface area contributed by atoms with Gasteiger partial charge < -0.3 is 15.5 Å².